The number of fused-ring (bicyclic) bond motifs is 2. The lowest BCUT2D eigenvalue weighted by atomic mass is 9.95. The van der Waals surface area contributed by atoms with E-state index in [1.165, 1.54) is 4.90 Å². The van der Waals surface area contributed by atoms with Gasteiger partial charge in [0.2, 0.25) is 5.91 Å². The standard InChI is InChI=1S/C42H47N3O5/c1-29(2)25-34(28-46)44-40(48)35-23-22-33(27-38(35)32-21-20-30-15-10-11-16-31(30)26-32)43-39(47)19-9-7-5-3-4-6-8-14-24-45-41(49)36-17-12-13-18-37(36)42(45)50/h10-13,15-18,20-23,26-29,34H,3-9,14,19,24-25H2,1-2H3,(H,43,47)(H,44,48). The fourth-order valence-corrected chi connectivity index (χ4v) is 6.60. The van der Waals surface area contributed by atoms with Gasteiger partial charge in [-0.25, -0.2) is 0 Å². The topological polar surface area (TPSA) is 113 Å². The highest BCUT2D eigenvalue weighted by Crippen LogP contribution is 2.30. The normalized spacial score (nSPS) is 13.1. The van der Waals surface area contributed by atoms with Crippen LogP contribution in [0.25, 0.3) is 21.9 Å². The molecule has 0 saturated heterocycles. The van der Waals surface area contributed by atoms with Crippen LogP contribution in [0.5, 0.6) is 0 Å². The third-order valence-electron chi connectivity index (χ3n) is 9.23. The van der Waals surface area contributed by atoms with Crippen molar-refractivity contribution in [3.05, 3.63) is 102 Å². The third-order valence-corrected chi connectivity index (χ3v) is 9.23. The molecule has 1 heterocycles. The van der Waals surface area contributed by atoms with E-state index in [1.807, 2.05) is 62.4 Å². The summed E-state index contributed by atoms with van der Waals surface area (Å²) in [5, 5.41) is 8.02. The number of hydrogen-bond donors (Lipinski definition) is 2. The van der Waals surface area contributed by atoms with E-state index in [9.17, 15) is 24.0 Å². The van der Waals surface area contributed by atoms with Gasteiger partial charge in [0, 0.05) is 24.2 Å². The number of amides is 4. The van der Waals surface area contributed by atoms with Crippen LogP contribution in [-0.2, 0) is 9.59 Å². The minimum absolute atomic E-state index is 0.0715. The number of nitrogens with zero attached hydrogens (tertiary/aromatic N) is 1. The summed E-state index contributed by atoms with van der Waals surface area (Å²) in [7, 11) is 0. The molecule has 0 radical (unpaired) electrons. The molecule has 2 N–H and O–H groups in total. The van der Waals surface area contributed by atoms with Crippen molar-refractivity contribution < 1.29 is 24.0 Å². The highest BCUT2D eigenvalue weighted by atomic mass is 16.2. The Labute approximate surface area is 294 Å². The van der Waals surface area contributed by atoms with Crippen LogP contribution in [0.1, 0.15) is 109 Å². The third kappa shape index (κ3) is 9.31. The highest BCUT2D eigenvalue weighted by molar-refractivity contribution is 6.21. The Morgan fingerprint density at radius 1 is 0.700 bits per heavy atom. The molecule has 5 rings (SSSR count). The second-order valence-electron chi connectivity index (χ2n) is 13.6. The summed E-state index contributed by atoms with van der Waals surface area (Å²) < 4.78 is 0. The molecule has 1 atom stereocenters. The zero-order chi connectivity index (χ0) is 35.5. The average molecular weight is 674 g/mol. The van der Waals surface area contributed by atoms with Crippen molar-refractivity contribution in [3.63, 3.8) is 0 Å². The van der Waals surface area contributed by atoms with E-state index in [0.29, 0.717) is 47.3 Å². The summed E-state index contributed by atoms with van der Waals surface area (Å²) in [5.74, 6) is -0.527. The second-order valence-corrected chi connectivity index (χ2v) is 13.6. The molecule has 260 valence electrons. The van der Waals surface area contributed by atoms with Gasteiger partial charge in [0.15, 0.2) is 0 Å². The Morgan fingerprint density at radius 2 is 1.32 bits per heavy atom. The number of carbonyl (C=O) groups excluding carboxylic acids is 5. The van der Waals surface area contributed by atoms with Crippen LogP contribution in [0.3, 0.4) is 0 Å². The van der Waals surface area contributed by atoms with E-state index in [1.54, 1.807) is 36.4 Å². The number of rotatable bonds is 18. The monoisotopic (exact) mass is 673 g/mol. The molecule has 8 heteroatoms. The minimum atomic E-state index is -0.580. The van der Waals surface area contributed by atoms with Crippen molar-refractivity contribution in [3.8, 4) is 11.1 Å². The smallest absolute Gasteiger partial charge is 0.261 e. The molecular weight excluding hydrogens is 626 g/mol. The maximum Gasteiger partial charge on any atom is 0.261 e. The zero-order valence-corrected chi connectivity index (χ0v) is 29.1. The molecule has 1 aliphatic heterocycles. The molecule has 1 unspecified atom stereocenters. The first-order valence-corrected chi connectivity index (χ1v) is 17.9. The molecule has 1 aliphatic rings. The number of anilines is 1. The van der Waals surface area contributed by atoms with Gasteiger partial charge in [-0.2, -0.15) is 0 Å². The van der Waals surface area contributed by atoms with E-state index in [4.69, 9.17) is 0 Å². The van der Waals surface area contributed by atoms with Crippen molar-refractivity contribution >= 4 is 46.4 Å². The molecule has 0 aliphatic carbocycles. The van der Waals surface area contributed by atoms with Gasteiger partial charge >= 0.3 is 0 Å². The first kappa shape index (κ1) is 36.2. The van der Waals surface area contributed by atoms with E-state index in [-0.39, 0.29) is 29.5 Å². The van der Waals surface area contributed by atoms with E-state index < -0.39 is 6.04 Å². The fraction of sp³-hybridized carbons (Fsp3) is 0.357. The SMILES string of the molecule is CC(C)CC(C=O)NC(=O)c1ccc(NC(=O)CCCCCCCCCCN2C(=O)c3ccccc3C2=O)cc1-c1ccc2ccccc2c1. The van der Waals surface area contributed by atoms with Crippen LogP contribution in [0.15, 0.2) is 84.9 Å². The van der Waals surface area contributed by atoms with Gasteiger partial charge in [-0.05, 0) is 83.5 Å². The lowest BCUT2D eigenvalue weighted by Gasteiger charge is -2.18. The molecule has 0 saturated carbocycles. The highest BCUT2D eigenvalue weighted by Gasteiger charge is 2.34. The van der Waals surface area contributed by atoms with Crippen molar-refractivity contribution in [2.75, 3.05) is 11.9 Å². The number of benzene rings is 4. The van der Waals surface area contributed by atoms with Crippen LogP contribution in [0.2, 0.25) is 0 Å². The fourth-order valence-electron chi connectivity index (χ4n) is 6.60. The number of nitrogens with one attached hydrogen (secondary N) is 2. The van der Waals surface area contributed by atoms with Crippen molar-refractivity contribution in [1.29, 1.82) is 0 Å². The number of aldehydes is 1. The van der Waals surface area contributed by atoms with E-state index >= 15 is 0 Å². The summed E-state index contributed by atoms with van der Waals surface area (Å²) in [6.07, 6.45) is 9.50. The lowest BCUT2D eigenvalue weighted by Crippen LogP contribution is -2.37. The van der Waals surface area contributed by atoms with Crippen LogP contribution in [0.4, 0.5) is 5.69 Å². The molecule has 0 bridgehead atoms. The minimum Gasteiger partial charge on any atom is -0.343 e. The van der Waals surface area contributed by atoms with Gasteiger partial charge in [-0.1, -0.05) is 101 Å². The molecule has 8 nitrogen and oxygen atoms in total. The second kappa shape index (κ2) is 17.5. The zero-order valence-electron chi connectivity index (χ0n) is 29.1. The van der Waals surface area contributed by atoms with Crippen molar-refractivity contribution in [2.45, 2.75) is 84.1 Å². The van der Waals surface area contributed by atoms with Gasteiger partial charge in [0.05, 0.1) is 17.2 Å². The maximum absolute atomic E-state index is 13.4. The molecule has 50 heavy (non-hydrogen) atoms. The van der Waals surface area contributed by atoms with Gasteiger partial charge in [-0.15, -0.1) is 0 Å². The molecule has 4 amide bonds. The Morgan fingerprint density at radius 3 is 1.98 bits per heavy atom. The molecule has 0 fully saturated rings. The molecule has 0 spiro atoms. The Hall–Kier alpha value is -5.11. The lowest BCUT2D eigenvalue weighted by molar-refractivity contribution is -0.116. The predicted octanol–water partition coefficient (Wildman–Crippen LogP) is 8.60. The Kier molecular flexibility index (Phi) is 12.7. The van der Waals surface area contributed by atoms with Crippen LogP contribution >= 0.6 is 0 Å². The van der Waals surface area contributed by atoms with Crippen molar-refractivity contribution in [1.82, 2.24) is 10.2 Å². The number of hydrogen-bond acceptors (Lipinski definition) is 5. The largest absolute Gasteiger partial charge is 0.343 e. The Bertz CT molecular complexity index is 1810. The predicted molar refractivity (Wildman–Crippen MR) is 198 cm³/mol. The molecule has 0 aromatic heterocycles. The number of imide groups is 1. The summed E-state index contributed by atoms with van der Waals surface area (Å²) >= 11 is 0. The van der Waals surface area contributed by atoms with Crippen LogP contribution < -0.4 is 10.6 Å². The maximum atomic E-state index is 13.4. The Balaban J connectivity index is 1.07. The van der Waals surface area contributed by atoms with Crippen molar-refractivity contribution in [2.24, 2.45) is 5.92 Å². The van der Waals surface area contributed by atoms with Gasteiger partial charge in [0.25, 0.3) is 17.7 Å². The summed E-state index contributed by atoms with van der Waals surface area (Å²) in [5.41, 5.74) is 3.59. The first-order chi connectivity index (χ1) is 24.2. The van der Waals surface area contributed by atoms with Crippen LogP contribution in [0, 0.1) is 5.92 Å². The van der Waals surface area contributed by atoms with Gasteiger partial charge < -0.3 is 15.4 Å². The van der Waals surface area contributed by atoms with E-state index in [2.05, 4.69) is 10.6 Å². The van der Waals surface area contributed by atoms with Crippen LogP contribution in [-0.4, -0.2) is 47.4 Å². The average Bonchev–Trinajstić information content (AvgIpc) is 3.36. The number of unbranched alkanes of at least 4 members (excludes halogenated alkanes) is 7. The van der Waals surface area contributed by atoms with E-state index in [0.717, 1.165) is 74.0 Å². The summed E-state index contributed by atoms with van der Waals surface area (Å²) in [6, 6.07) is 25.7. The first-order valence-electron chi connectivity index (χ1n) is 17.9. The summed E-state index contributed by atoms with van der Waals surface area (Å²) in [4.78, 5) is 64.4. The molecular formula is C42H47N3O5. The number of carbonyl (C=O) groups is 5. The quantitative estimate of drug-likeness (QED) is 0.0624. The summed E-state index contributed by atoms with van der Waals surface area (Å²) in [6.45, 7) is 4.48. The van der Waals surface area contributed by atoms with Gasteiger partial charge in [0.1, 0.15) is 6.29 Å². The molecule has 4 aromatic carbocycles. The van der Waals surface area contributed by atoms with Gasteiger partial charge in [-0.3, -0.25) is 24.1 Å². The molecule has 4 aromatic rings.